The van der Waals surface area contributed by atoms with E-state index in [4.69, 9.17) is 7.85 Å². The summed E-state index contributed by atoms with van der Waals surface area (Å²) >= 11 is 0. The van der Waals surface area contributed by atoms with Crippen LogP contribution < -0.4 is 5.46 Å². The smallest absolute Gasteiger partial charge is 0.0963 e. The highest BCUT2D eigenvalue weighted by molar-refractivity contribution is 6.32. The van der Waals surface area contributed by atoms with Crippen molar-refractivity contribution >= 4 is 13.3 Å². The molecule has 104 valence electrons. The number of hydrogen-bond donors (Lipinski definition) is 0. The Hall–Kier alpha value is -2.28. The van der Waals surface area contributed by atoms with Gasteiger partial charge in [-0.2, -0.15) is 0 Å². The molecule has 1 aliphatic rings. The molecule has 22 heavy (non-hydrogen) atoms. The van der Waals surface area contributed by atoms with Crippen LogP contribution in [-0.2, 0) is 5.41 Å². The Morgan fingerprint density at radius 1 is 0.682 bits per heavy atom. The van der Waals surface area contributed by atoms with Gasteiger partial charge >= 0.3 is 0 Å². The fourth-order valence-electron chi connectivity index (χ4n) is 3.57. The van der Waals surface area contributed by atoms with E-state index in [9.17, 15) is 0 Å². The molecule has 0 nitrogen and oxygen atoms in total. The average molecular weight is 280 g/mol. The molecule has 0 saturated heterocycles. The molecule has 1 heteroatoms. The van der Waals surface area contributed by atoms with Gasteiger partial charge in [0.1, 0.15) is 7.85 Å². The molecular formula is C21H17B. The van der Waals surface area contributed by atoms with Crippen molar-refractivity contribution < 1.29 is 0 Å². The van der Waals surface area contributed by atoms with Crippen LogP contribution in [0.5, 0.6) is 0 Å². The van der Waals surface area contributed by atoms with Gasteiger partial charge in [-0.05, 0) is 39.4 Å². The second-order valence-corrected chi connectivity index (χ2v) is 6.56. The Bertz CT molecular complexity index is 860. The predicted molar refractivity (Wildman–Crippen MR) is 94.8 cm³/mol. The maximum Gasteiger partial charge on any atom is 0.113 e. The number of fused-ring (bicyclic) bond motifs is 3. The fourth-order valence-corrected chi connectivity index (χ4v) is 3.57. The van der Waals surface area contributed by atoms with Gasteiger partial charge in [0.15, 0.2) is 0 Å². The lowest BCUT2D eigenvalue weighted by molar-refractivity contribution is 0.661. The standard InChI is InChI=1S/C21H17B/c1-21(2)19-12-15(14-6-4-3-5-7-14)8-10-17(19)18-11-9-16(22)13-20(18)21/h3-13H,1-2H3. The van der Waals surface area contributed by atoms with Crippen molar-refractivity contribution in [3.63, 3.8) is 0 Å². The molecule has 2 radical (unpaired) electrons. The van der Waals surface area contributed by atoms with Crippen molar-refractivity contribution in [3.8, 4) is 22.3 Å². The van der Waals surface area contributed by atoms with Crippen molar-refractivity contribution in [3.05, 3.63) is 77.9 Å². The molecular weight excluding hydrogens is 263 g/mol. The van der Waals surface area contributed by atoms with E-state index < -0.39 is 0 Å². The molecule has 0 bridgehead atoms. The van der Waals surface area contributed by atoms with Gasteiger partial charge in [-0.15, -0.1) is 0 Å². The maximum atomic E-state index is 6.01. The lowest BCUT2D eigenvalue weighted by atomic mass is 9.79. The second-order valence-electron chi connectivity index (χ2n) is 6.56. The predicted octanol–water partition coefficient (Wildman–Crippen LogP) is 4.45. The van der Waals surface area contributed by atoms with Crippen LogP contribution >= 0.6 is 0 Å². The van der Waals surface area contributed by atoms with Crippen molar-refractivity contribution in [1.82, 2.24) is 0 Å². The summed E-state index contributed by atoms with van der Waals surface area (Å²) in [6.07, 6.45) is 0. The number of benzene rings is 3. The highest BCUT2D eigenvalue weighted by Gasteiger charge is 2.35. The molecule has 0 aliphatic heterocycles. The van der Waals surface area contributed by atoms with Gasteiger partial charge in [-0.3, -0.25) is 0 Å². The van der Waals surface area contributed by atoms with Crippen LogP contribution in [0.25, 0.3) is 22.3 Å². The molecule has 0 unspecified atom stereocenters. The molecule has 0 N–H and O–H groups in total. The highest BCUT2D eigenvalue weighted by atomic mass is 14.4. The van der Waals surface area contributed by atoms with Gasteiger partial charge in [0, 0.05) is 5.41 Å². The summed E-state index contributed by atoms with van der Waals surface area (Å²) in [7, 11) is 6.01. The summed E-state index contributed by atoms with van der Waals surface area (Å²) in [4.78, 5) is 0. The second kappa shape index (κ2) is 4.61. The molecule has 0 atom stereocenters. The van der Waals surface area contributed by atoms with E-state index in [1.54, 1.807) is 0 Å². The summed E-state index contributed by atoms with van der Waals surface area (Å²) < 4.78 is 0. The summed E-state index contributed by atoms with van der Waals surface area (Å²) in [5, 5.41) is 0. The van der Waals surface area contributed by atoms with Crippen LogP contribution in [0.2, 0.25) is 0 Å². The largest absolute Gasteiger partial charge is 0.113 e. The third-order valence-electron chi connectivity index (χ3n) is 4.81. The van der Waals surface area contributed by atoms with Crippen LogP contribution in [0, 0.1) is 0 Å². The van der Waals surface area contributed by atoms with Crippen molar-refractivity contribution in [1.29, 1.82) is 0 Å². The zero-order chi connectivity index (χ0) is 15.3. The molecule has 0 spiro atoms. The Kier molecular flexibility index (Phi) is 2.81. The van der Waals surface area contributed by atoms with E-state index in [0.717, 1.165) is 5.46 Å². The van der Waals surface area contributed by atoms with Gasteiger partial charge in [0.2, 0.25) is 0 Å². The highest BCUT2D eigenvalue weighted by Crippen LogP contribution is 2.49. The minimum absolute atomic E-state index is 0.00909. The van der Waals surface area contributed by atoms with E-state index >= 15 is 0 Å². The Morgan fingerprint density at radius 2 is 1.32 bits per heavy atom. The van der Waals surface area contributed by atoms with E-state index in [1.165, 1.54) is 33.4 Å². The average Bonchev–Trinajstić information content (AvgIpc) is 2.76. The zero-order valence-corrected chi connectivity index (χ0v) is 12.9. The summed E-state index contributed by atoms with van der Waals surface area (Å²) in [5.74, 6) is 0. The molecule has 0 heterocycles. The van der Waals surface area contributed by atoms with Crippen molar-refractivity contribution in [2.45, 2.75) is 19.3 Å². The first-order chi connectivity index (χ1) is 10.6. The topological polar surface area (TPSA) is 0 Å². The first-order valence-electron chi connectivity index (χ1n) is 7.68. The van der Waals surface area contributed by atoms with Crippen molar-refractivity contribution in [2.24, 2.45) is 0 Å². The van der Waals surface area contributed by atoms with Crippen molar-refractivity contribution in [2.75, 3.05) is 0 Å². The molecule has 3 aromatic rings. The quantitative estimate of drug-likeness (QED) is 0.577. The Labute approximate surface area is 133 Å². The van der Waals surface area contributed by atoms with Crippen LogP contribution in [0.4, 0.5) is 0 Å². The summed E-state index contributed by atoms with van der Waals surface area (Å²) in [5.41, 5.74) is 8.72. The number of rotatable bonds is 1. The SMILES string of the molecule is [B]c1ccc2c(c1)C(C)(C)c1cc(-c3ccccc3)ccc1-2. The van der Waals surface area contributed by atoms with Crippen LogP contribution in [-0.4, -0.2) is 7.85 Å². The molecule has 4 rings (SSSR count). The summed E-state index contributed by atoms with van der Waals surface area (Å²) in [6.45, 7) is 4.57. The van der Waals surface area contributed by atoms with Gasteiger partial charge in [-0.1, -0.05) is 80.0 Å². The van der Waals surface area contributed by atoms with Gasteiger partial charge in [-0.25, -0.2) is 0 Å². The minimum Gasteiger partial charge on any atom is -0.0963 e. The van der Waals surface area contributed by atoms with Crippen LogP contribution in [0.1, 0.15) is 25.0 Å². The van der Waals surface area contributed by atoms with Gasteiger partial charge in [0.25, 0.3) is 0 Å². The molecule has 0 fully saturated rings. The minimum atomic E-state index is -0.00909. The lowest BCUT2D eigenvalue weighted by Crippen LogP contribution is -2.17. The first-order valence-corrected chi connectivity index (χ1v) is 7.68. The van der Waals surface area contributed by atoms with Gasteiger partial charge in [0.05, 0.1) is 0 Å². The third kappa shape index (κ3) is 1.85. The summed E-state index contributed by atoms with van der Waals surface area (Å²) in [6, 6.07) is 23.6. The third-order valence-corrected chi connectivity index (χ3v) is 4.81. The normalized spacial score (nSPS) is 14.5. The van der Waals surface area contributed by atoms with Gasteiger partial charge < -0.3 is 0 Å². The van der Waals surface area contributed by atoms with E-state index in [1.807, 2.05) is 6.07 Å². The lowest BCUT2D eigenvalue weighted by Gasteiger charge is -2.22. The van der Waals surface area contributed by atoms with E-state index in [0.29, 0.717) is 0 Å². The Balaban J connectivity index is 1.93. The zero-order valence-electron chi connectivity index (χ0n) is 12.9. The molecule has 0 saturated carbocycles. The first kappa shape index (κ1) is 13.4. The molecule has 0 amide bonds. The van der Waals surface area contributed by atoms with E-state index in [2.05, 4.69) is 74.5 Å². The Morgan fingerprint density at radius 3 is 2.05 bits per heavy atom. The van der Waals surface area contributed by atoms with E-state index in [-0.39, 0.29) is 5.41 Å². The number of hydrogen-bond acceptors (Lipinski definition) is 0. The molecule has 1 aliphatic carbocycles. The monoisotopic (exact) mass is 280 g/mol. The molecule has 0 aromatic heterocycles. The fraction of sp³-hybridized carbons (Fsp3) is 0.143. The van der Waals surface area contributed by atoms with Crippen LogP contribution in [0.15, 0.2) is 66.7 Å². The molecule has 3 aromatic carbocycles. The maximum absolute atomic E-state index is 6.01. The van der Waals surface area contributed by atoms with Crippen LogP contribution in [0.3, 0.4) is 0 Å².